The van der Waals surface area contributed by atoms with Crippen LogP contribution < -0.4 is 15.0 Å². The van der Waals surface area contributed by atoms with E-state index in [2.05, 4.69) is 32.3 Å². The minimum atomic E-state index is -0.824. The highest BCUT2D eigenvalue weighted by atomic mass is 32.1. The van der Waals surface area contributed by atoms with Crippen LogP contribution in [0.25, 0.3) is 22.4 Å². The van der Waals surface area contributed by atoms with Gasteiger partial charge in [-0.15, -0.1) is 11.3 Å². The molecule has 0 amide bonds. The number of thiazole rings is 1. The first kappa shape index (κ1) is 24.4. The van der Waals surface area contributed by atoms with Gasteiger partial charge in [-0.05, 0) is 43.3 Å². The molecule has 194 valence electrons. The highest BCUT2D eigenvalue weighted by molar-refractivity contribution is 7.09. The van der Waals surface area contributed by atoms with Gasteiger partial charge in [0.1, 0.15) is 18.2 Å². The molecule has 38 heavy (non-hydrogen) atoms. The van der Waals surface area contributed by atoms with Crippen LogP contribution in [-0.4, -0.2) is 46.4 Å². The molecule has 0 aliphatic carbocycles. The van der Waals surface area contributed by atoms with Gasteiger partial charge in [0.15, 0.2) is 6.23 Å². The molecule has 1 aliphatic heterocycles. The number of hydrogen-bond acceptors (Lipinski definition) is 8. The van der Waals surface area contributed by atoms with E-state index in [1.54, 1.807) is 11.3 Å². The van der Waals surface area contributed by atoms with Gasteiger partial charge in [-0.25, -0.2) is 9.97 Å². The molecule has 3 aromatic carbocycles. The van der Waals surface area contributed by atoms with E-state index >= 15 is 0 Å². The lowest BCUT2D eigenvalue weighted by Crippen LogP contribution is -2.36. The third-order valence-corrected chi connectivity index (χ3v) is 7.38. The molecule has 2 aromatic heterocycles. The second-order valence-corrected chi connectivity index (χ2v) is 10.3. The van der Waals surface area contributed by atoms with Crippen molar-refractivity contribution in [3.8, 4) is 17.1 Å². The zero-order valence-corrected chi connectivity index (χ0v) is 21.9. The Bertz CT molecular complexity index is 1510. The molecule has 1 atom stereocenters. The Morgan fingerprint density at radius 1 is 1.05 bits per heavy atom. The molecule has 0 spiro atoms. The molecule has 0 bridgehead atoms. The van der Waals surface area contributed by atoms with E-state index in [4.69, 9.17) is 14.5 Å². The van der Waals surface area contributed by atoms with Crippen molar-refractivity contribution in [3.05, 3.63) is 88.4 Å². The van der Waals surface area contributed by atoms with Gasteiger partial charge in [0, 0.05) is 47.0 Å². The summed E-state index contributed by atoms with van der Waals surface area (Å²) < 4.78 is 11.3. The summed E-state index contributed by atoms with van der Waals surface area (Å²) >= 11 is 1.62. The smallest absolute Gasteiger partial charge is 0.150 e. The van der Waals surface area contributed by atoms with Crippen LogP contribution in [0, 0.1) is 6.92 Å². The summed E-state index contributed by atoms with van der Waals surface area (Å²) in [6.45, 7) is 5.73. The number of imidazole rings is 1. The molecule has 1 unspecified atom stereocenters. The van der Waals surface area contributed by atoms with Crippen LogP contribution in [0.2, 0.25) is 0 Å². The van der Waals surface area contributed by atoms with Gasteiger partial charge in [0.25, 0.3) is 0 Å². The second kappa shape index (κ2) is 10.8. The van der Waals surface area contributed by atoms with Crippen molar-refractivity contribution in [2.75, 3.05) is 36.5 Å². The maximum Gasteiger partial charge on any atom is 0.150 e. The van der Waals surface area contributed by atoms with Crippen LogP contribution in [-0.2, 0) is 11.3 Å². The number of nitrogens with one attached hydrogen (secondary N) is 2. The Labute approximate surface area is 224 Å². The van der Waals surface area contributed by atoms with Crippen LogP contribution in [0.15, 0.2) is 72.1 Å². The third kappa shape index (κ3) is 5.50. The fraction of sp³-hybridized carbons (Fsp3) is 0.241. The Hall–Kier alpha value is -3.92. The van der Waals surface area contributed by atoms with Crippen molar-refractivity contribution in [2.45, 2.75) is 19.8 Å². The Balaban J connectivity index is 1.09. The Morgan fingerprint density at radius 2 is 1.84 bits per heavy atom. The summed E-state index contributed by atoms with van der Waals surface area (Å²) in [6, 6.07) is 21.7. The van der Waals surface area contributed by atoms with Gasteiger partial charge in [0.05, 0.1) is 34.9 Å². The number of aryl methyl sites for hydroxylation is 1. The lowest BCUT2D eigenvalue weighted by molar-refractivity contribution is 0.122. The quantitative estimate of drug-likeness (QED) is 0.229. The predicted molar refractivity (Wildman–Crippen MR) is 151 cm³/mol. The average Bonchev–Trinajstić information content (AvgIpc) is 3.58. The molecule has 3 N–H and O–H groups in total. The number of nitrogens with zero attached hydrogens (tertiary/aromatic N) is 3. The van der Waals surface area contributed by atoms with Crippen molar-refractivity contribution in [1.29, 1.82) is 0 Å². The van der Waals surface area contributed by atoms with Crippen LogP contribution in [0.3, 0.4) is 0 Å². The number of aromatic nitrogens is 3. The highest BCUT2D eigenvalue weighted by Gasteiger charge is 2.13. The van der Waals surface area contributed by atoms with Crippen molar-refractivity contribution in [3.63, 3.8) is 0 Å². The topological polar surface area (TPSA) is 95.5 Å². The van der Waals surface area contributed by atoms with E-state index in [0.29, 0.717) is 6.61 Å². The van der Waals surface area contributed by atoms with Crippen LogP contribution in [0.4, 0.5) is 11.4 Å². The number of benzene rings is 3. The molecule has 0 saturated carbocycles. The predicted octanol–water partition coefficient (Wildman–Crippen LogP) is 5.51. The zero-order valence-electron chi connectivity index (χ0n) is 21.1. The SMILES string of the molecule is Cc1nc(COc2ccc3nc(-c4ccc(C(O)Nc5ccc(N6CCOCC6)cc5)cc4)[nH]c3c2)cs1. The standard InChI is InChI=1S/C29H29N5O3S/c1-19-30-23(18-38-19)17-37-25-10-11-26-27(16-25)33-28(32-26)20-2-4-21(5-3-20)29(35)31-22-6-8-24(9-7-22)34-12-14-36-15-13-34/h2-11,16,18,29,31,35H,12-15,17H2,1H3,(H,32,33). The summed E-state index contributed by atoms with van der Waals surface area (Å²) in [5.74, 6) is 1.53. The zero-order chi connectivity index (χ0) is 25.9. The number of rotatable bonds is 8. The van der Waals surface area contributed by atoms with Gasteiger partial charge in [-0.3, -0.25) is 0 Å². The first-order valence-corrected chi connectivity index (χ1v) is 13.5. The van der Waals surface area contributed by atoms with Gasteiger partial charge >= 0.3 is 0 Å². The minimum absolute atomic E-state index is 0.437. The first-order chi connectivity index (χ1) is 18.6. The van der Waals surface area contributed by atoms with Crippen molar-refractivity contribution < 1.29 is 14.6 Å². The maximum absolute atomic E-state index is 10.8. The summed E-state index contributed by atoms with van der Waals surface area (Å²) in [6.07, 6.45) is -0.824. The van der Waals surface area contributed by atoms with Gasteiger partial charge in [0.2, 0.25) is 0 Å². The second-order valence-electron chi connectivity index (χ2n) is 9.23. The number of ether oxygens (including phenoxy) is 2. The number of aromatic amines is 1. The molecule has 1 aliphatic rings. The fourth-order valence-electron chi connectivity index (χ4n) is 4.50. The number of fused-ring (bicyclic) bond motifs is 1. The van der Waals surface area contributed by atoms with E-state index in [1.165, 1.54) is 0 Å². The molecule has 0 radical (unpaired) electrons. The van der Waals surface area contributed by atoms with Crippen molar-refractivity contribution >= 4 is 33.7 Å². The van der Waals surface area contributed by atoms with Gasteiger partial charge in [-0.2, -0.15) is 0 Å². The molecule has 1 saturated heterocycles. The lowest BCUT2D eigenvalue weighted by atomic mass is 10.1. The number of aliphatic hydroxyl groups is 1. The first-order valence-electron chi connectivity index (χ1n) is 12.6. The van der Waals surface area contributed by atoms with Gasteiger partial charge in [-0.1, -0.05) is 24.3 Å². The Kier molecular flexibility index (Phi) is 6.96. The minimum Gasteiger partial charge on any atom is -0.487 e. The number of H-pyrrole nitrogens is 1. The van der Waals surface area contributed by atoms with Crippen molar-refractivity contribution in [1.82, 2.24) is 15.0 Å². The van der Waals surface area contributed by atoms with Crippen molar-refractivity contribution in [2.24, 2.45) is 0 Å². The summed E-state index contributed by atoms with van der Waals surface area (Å²) in [4.78, 5) is 14.8. The number of morpholine rings is 1. The summed E-state index contributed by atoms with van der Waals surface area (Å²) in [5.41, 5.74) is 6.43. The van der Waals surface area contributed by atoms with E-state index in [0.717, 1.165) is 82.1 Å². The highest BCUT2D eigenvalue weighted by Crippen LogP contribution is 2.27. The number of anilines is 2. The van der Waals surface area contributed by atoms with Gasteiger partial charge < -0.3 is 29.8 Å². The van der Waals surface area contributed by atoms with E-state index in [1.807, 2.05) is 66.9 Å². The largest absolute Gasteiger partial charge is 0.487 e. The average molecular weight is 528 g/mol. The van der Waals surface area contributed by atoms with E-state index in [9.17, 15) is 5.11 Å². The van der Waals surface area contributed by atoms with Crippen LogP contribution >= 0.6 is 11.3 Å². The molecule has 5 aromatic rings. The molecule has 9 heteroatoms. The monoisotopic (exact) mass is 527 g/mol. The molecular weight excluding hydrogens is 498 g/mol. The molecule has 6 rings (SSSR count). The lowest BCUT2D eigenvalue weighted by Gasteiger charge is -2.29. The number of hydrogen-bond donors (Lipinski definition) is 3. The third-order valence-electron chi connectivity index (χ3n) is 6.55. The maximum atomic E-state index is 10.8. The van der Waals surface area contributed by atoms with Crippen LogP contribution in [0.1, 0.15) is 22.5 Å². The summed E-state index contributed by atoms with van der Waals surface area (Å²) in [5, 5.41) is 17.0. The molecule has 8 nitrogen and oxygen atoms in total. The number of aliphatic hydroxyl groups excluding tert-OH is 1. The normalized spacial score (nSPS) is 14.5. The van der Waals surface area contributed by atoms with E-state index < -0.39 is 6.23 Å². The molecule has 1 fully saturated rings. The van der Waals surface area contributed by atoms with Crippen LogP contribution in [0.5, 0.6) is 5.75 Å². The molecular formula is C29H29N5O3S. The molecule has 3 heterocycles. The summed E-state index contributed by atoms with van der Waals surface area (Å²) in [7, 11) is 0. The Morgan fingerprint density at radius 3 is 2.58 bits per heavy atom. The van der Waals surface area contributed by atoms with E-state index in [-0.39, 0.29) is 0 Å². The fourth-order valence-corrected chi connectivity index (χ4v) is 5.10.